The van der Waals surface area contributed by atoms with Crippen molar-refractivity contribution in [3.8, 4) is 11.4 Å². The highest BCUT2D eigenvalue weighted by Crippen LogP contribution is 2.30. The lowest BCUT2D eigenvalue weighted by Crippen LogP contribution is -2.06. The second kappa shape index (κ2) is 6.90. The molecule has 4 aromatic heterocycles. The monoisotopic (exact) mass is 440 g/mol. The molecule has 0 spiro atoms. The number of rotatable bonds is 4. The molecule has 158 valence electrons. The molecule has 0 bridgehead atoms. The molecule has 1 atom stereocenters. The van der Waals surface area contributed by atoms with Gasteiger partial charge in [-0.1, -0.05) is 5.16 Å². The van der Waals surface area contributed by atoms with Crippen molar-refractivity contribution in [1.29, 1.82) is 0 Å². The minimum atomic E-state index is -4.75. The SMILES string of the molecule is Cc1nc2ccc(-c3noc(C(F)(F)F)n3)cn2c1S(C)(=O)=NCc1ncn(C)n1. The number of aryl methyl sites for hydroxylation is 2. The Balaban J connectivity index is 1.78. The summed E-state index contributed by atoms with van der Waals surface area (Å²) in [7, 11) is -1.23. The van der Waals surface area contributed by atoms with Crippen molar-refractivity contribution in [2.75, 3.05) is 6.26 Å². The van der Waals surface area contributed by atoms with E-state index in [1.807, 2.05) is 0 Å². The van der Waals surface area contributed by atoms with Gasteiger partial charge in [0.05, 0.1) is 15.4 Å². The third kappa shape index (κ3) is 3.65. The Labute approximate surface area is 167 Å². The van der Waals surface area contributed by atoms with E-state index in [9.17, 15) is 17.4 Å². The maximum absolute atomic E-state index is 13.4. The fourth-order valence-electron chi connectivity index (χ4n) is 2.88. The normalized spacial score (nSPS) is 14.2. The molecule has 10 nitrogen and oxygen atoms in total. The minimum absolute atomic E-state index is 0.0301. The summed E-state index contributed by atoms with van der Waals surface area (Å²) in [6.45, 7) is 1.71. The predicted molar refractivity (Wildman–Crippen MR) is 97.7 cm³/mol. The van der Waals surface area contributed by atoms with Crippen molar-refractivity contribution in [2.24, 2.45) is 11.4 Å². The Morgan fingerprint density at radius 1 is 1.27 bits per heavy atom. The number of imidazole rings is 1. The molecule has 30 heavy (non-hydrogen) atoms. The largest absolute Gasteiger partial charge is 0.471 e. The first-order valence-corrected chi connectivity index (χ1v) is 10.4. The van der Waals surface area contributed by atoms with Crippen LogP contribution < -0.4 is 0 Å². The molecule has 14 heteroatoms. The Bertz CT molecular complexity index is 1360. The summed E-state index contributed by atoms with van der Waals surface area (Å²) < 4.78 is 63.2. The first-order chi connectivity index (χ1) is 14.0. The number of alkyl halides is 3. The molecule has 0 saturated heterocycles. The van der Waals surface area contributed by atoms with Gasteiger partial charge in [-0.25, -0.2) is 18.5 Å². The number of nitrogens with zero attached hydrogens (tertiary/aromatic N) is 8. The third-order valence-corrected chi connectivity index (χ3v) is 5.95. The van der Waals surface area contributed by atoms with Crippen molar-refractivity contribution >= 4 is 15.4 Å². The molecule has 0 fully saturated rings. The summed E-state index contributed by atoms with van der Waals surface area (Å²) in [4.78, 5) is 11.8. The fraction of sp³-hybridized carbons (Fsp3) is 0.312. The molecule has 4 rings (SSSR count). The Kier molecular flexibility index (Phi) is 4.60. The van der Waals surface area contributed by atoms with Gasteiger partial charge < -0.3 is 4.52 Å². The number of hydrogen-bond acceptors (Lipinski definition) is 8. The fourth-order valence-corrected chi connectivity index (χ4v) is 4.47. The summed E-state index contributed by atoms with van der Waals surface area (Å²) in [6.07, 6.45) is -0.334. The van der Waals surface area contributed by atoms with Crippen molar-refractivity contribution in [2.45, 2.75) is 24.7 Å². The van der Waals surface area contributed by atoms with Crippen LogP contribution in [0.3, 0.4) is 0 Å². The highest BCUT2D eigenvalue weighted by molar-refractivity contribution is 7.92. The molecule has 0 saturated carbocycles. The van der Waals surface area contributed by atoms with Crippen molar-refractivity contribution < 1.29 is 21.9 Å². The molecule has 4 aromatic rings. The van der Waals surface area contributed by atoms with E-state index in [2.05, 4.69) is 34.1 Å². The molecule has 0 radical (unpaired) electrons. The van der Waals surface area contributed by atoms with Crippen LogP contribution in [0.2, 0.25) is 0 Å². The summed E-state index contributed by atoms with van der Waals surface area (Å²) in [5.41, 5.74) is 1.16. The minimum Gasteiger partial charge on any atom is -0.329 e. The molecule has 0 aliphatic carbocycles. The standard InChI is InChI=1S/C16H15F3N8O2S/c1-9-14(30(3,28)21-6-11-20-8-26(2)24-11)27-7-10(4-5-12(27)22-9)13-23-15(29-25-13)16(17,18)19/h4-5,7-8H,6H2,1-3H3. The summed E-state index contributed by atoms with van der Waals surface area (Å²) in [6, 6.07) is 3.06. The van der Waals surface area contributed by atoms with Crippen LogP contribution in [-0.4, -0.2) is 44.8 Å². The zero-order valence-corrected chi connectivity index (χ0v) is 16.8. The summed E-state index contributed by atoms with van der Waals surface area (Å²) >= 11 is 0. The van der Waals surface area contributed by atoms with Crippen LogP contribution in [0.25, 0.3) is 17.0 Å². The topological polar surface area (TPSA) is 116 Å². The van der Waals surface area contributed by atoms with Gasteiger partial charge in [0.1, 0.15) is 23.5 Å². The lowest BCUT2D eigenvalue weighted by atomic mass is 10.3. The zero-order chi connectivity index (χ0) is 21.7. The van der Waals surface area contributed by atoms with Gasteiger partial charge >= 0.3 is 12.1 Å². The average Bonchev–Trinajstić information content (AvgIpc) is 3.36. The van der Waals surface area contributed by atoms with Gasteiger partial charge in [0.15, 0.2) is 5.82 Å². The summed E-state index contributed by atoms with van der Waals surface area (Å²) in [5, 5.41) is 7.80. The van der Waals surface area contributed by atoms with Crippen LogP contribution >= 0.6 is 0 Å². The summed E-state index contributed by atoms with van der Waals surface area (Å²) in [5.74, 6) is -1.29. The Morgan fingerprint density at radius 2 is 2.03 bits per heavy atom. The molecular formula is C16H15F3N8O2S. The molecule has 0 aliphatic heterocycles. The van der Waals surface area contributed by atoms with E-state index in [1.54, 1.807) is 20.0 Å². The van der Waals surface area contributed by atoms with E-state index in [-0.39, 0.29) is 17.9 Å². The van der Waals surface area contributed by atoms with E-state index in [0.29, 0.717) is 22.2 Å². The van der Waals surface area contributed by atoms with Gasteiger partial charge in [0, 0.05) is 25.1 Å². The van der Waals surface area contributed by atoms with Crippen LogP contribution in [0.1, 0.15) is 17.4 Å². The maximum atomic E-state index is 13.4. The second-order valence-electron chi connectivity index (χ2n) is 6.49. The van der Waals surface area contributed by atoms with Crippen LogP contribution in [0, 0.1) is 6.92 Å². The Morgan fingerprint density at radius 3 is 2.67 bits per heavy atom. The highest BCUT2D eigenvalue weighted by atomic mass is 32.2. The molecule has 0 amide bonds. The average molecular weight is 440 g/mol. The lowest BCUT2D eigenvalue weighted by Gasteiger charge is -2.06. The molecular weight excluding hydrogens is 425 g/mol. The van der Waals surface area contributed by atoms with Crippen molar-refractivity contribution in [3.05, 3.63) is 42.1 Å². The second-order valence-corrected chi connectivity index (χ2v) is 8.74. The number of halogens is 3. The van der Waals surface area contributed by atoms with Gasteiger partial charge in [-0.2, -0.15) is 23.3 Å². The van der Waals surface area contributed by atoms with Gasteiger partial charge in [-0.05, 0) is 19.1 Å². The van der Waals surface area contributed by atoms with Gasteiger partial charge in [-0.3, -0.25) is 9.08 Å². The smallest absolute Gasteiger partial charge is 0.329 e. The van der Waals surface area contributed by atoms with Gasteiger partial charge in [-0.15, -0.1) is 0 Å². The highest BCUT2D eigenvalue weighted by Gasteiger charge is 2.38. The Hall–Kier alpha value is -3.29. The van der Waals surface area contributed by atoms with Crippen molar-refractivity contribution in [3.63, 3.8) is 0 Å². The predicted octanol–water partition coefficient (Wildman–Crippen LogP) is 2.50. The van der Waals surface area contributed by atoms with Crippen LogP contribution in [0.4, 0.5) is 13.2 Å². The molecule has 0 aromatic carbocycles. The van der Waals surface area contributed by atoms with E-state index in [0.717, 1.165) is 0 Å². The van der Waals surface area contributed by atoms with E-state index in [1.165, 1.54) is 33.9 Å². The number of pyridine rings is 1. The molecule has 0 N–H and O–H groups in total. The lowest BCUT2D eigenvalue weighted by molar-refractivity contribution is -0.159. The van der Waals surface area contributed by atoms with Crippen molar-refractivity contribution in [1.82, 2.24) is 34.3 Å². The number of fused-ring (bicyclic) bond motifs is 1. The molecule has 4 heterocycles. The zero-order valence-electron chi connectivity index (χ0n) is 16.0. The van der Waals surface area contributed by atoms with E-state index < -0.39 is 21.8 Å². The third-order valence-electron chi connectivity index (χ3n) is 4.12. The quantitative estimate of drug-likeness (QED) is 0.479. The number of aromatic nitrogens is 7. The van der Waals surface area contributed by atoms with Crippen LogP contribution in [0.15, 0.2) is 38.6 Å². The first kappa shape index (κ1) is 20.0. The first-order valence-electron chi connectivity index (χ1n) is 8.47. The van der Waals surface area contributed by atoms with Crippen LogP contribution in [0.5, 0.6) is 0 Å². The van der Waals surface area contributed by atoms with Gasteiger partial charge in [0.2, 0.25) is 5.82 Å². The maximum Gasteiger partial charge on any atom is 0.471 e. The van der Waals surface area contributed by atoms with Crippen LogP contribution in [-0.2, 0) is 29.5 Å². The molecule has 1 unspecified atom stereocenters. The molecule has 0 aliphatic rings. The van der Waals surface area contributed by atoms with Gasteiger partial charge in [0.25, 0.3) is 0 Å². The van der Waals surface area contributed by atoms with E-state index >= 15 is 0 Å². The van der Waals surface area contributed by atoms with E-state index in [4.69, 9.17) is 0 Å². The number of hydrogen-bond donors (Lipinski definition) is 0.